The molecule has 4 aromatic rings. The number of hydrogen-bond acceptors (Lipinski definition) is 3. The van der Waals surface area contributed by atoms with Gasteiger partial charge in [-0.15, -0.1) is 0 Å². The summed E-state index contributed by atoms with van der Waals surface area (Å²) in [6.45, 7) is 16.8. The van der Waals surface area contributed by atoms with E-state index in [0.717, 1.165) is 12.0 Å². The molecule has 0 aliphatic rings. The van der Waals surface area contributed by atoms with Gasteiger partial charge < -0.3 is 14.5 Å². The molecule has 2 unspecified atom stereocenters. The topological polar surface area (TPSA) is 47.6 Å². The lowest BCUT2D eigenvalue weighted by molar-refractivity contribution is 0.0491. The Morgan fingerprint density at radius 3 is 1.74 bits per heavy atom. The van der Waals surface area contributed by atoms with Crippen molar-refractivity contribution in [2.45, 2.75) is 85.2 Å². The Labute approximate surface area is 260 Å². The van der Waals surface area contributed by atoms with E-state index in [1.165, 1.54) is 27.1 Å². The fourth-order valence-electron chi connectivity index (χ4n) is 5.60. The first kappa shape index (κ1) is 32.5. The van der Waals surface area contributed by atoms with Gasteiger partial charge in [0.2, 0.25) is 9.04 Å². The largest absolute Gasteiger partial charge is 0.444 e. The standard InChI is InChI=1S/C38H48NO3Si/c1-37(2,3)35(42-43(7)8)33(25-27-17-19-29-13-9-11-15-31(29)23-27)21-22-34(39-36(40)41-38(4,5)6)26-28-18-20-30-14-10-12-16-32(30)24-28/h9-24,33-35H,25-26H2,1-8H3,(H,39,40)/b22-21+/t33?,34-,35?/m0/s1. The van der Waals surface area contributed by atoms with Gasteiger partial charge in [-0.3, -0.25) is 0 Å². The van der Waals surface area contributed by atoms with Gasteiger partial charge in [-0.25, -0.2) is 4.79 Å². The number of benzene rings is 4. The quantitative estimate of drug-likeness (QED) is 0.147. The predicted octanol–water partition coefficient (Wildman–Crippen LogP) is 9.53. The average molecular weight is 595 g/mol. The molecule has 0 fully saturated rings. The maximum absolute atomic E-state index is 13.0. The summed E-state index contributed by atoms with van der Waals surface area (Å²) in [6, 6.07) is 29.9. The molecule has 1 N–H and O–H groups in total. The van der Waals surface area contributed by atoms with Crippen molar-refractivity contribution in [2.75, 3.05) is 0 Å². The molecule has 4 aromatic carbocycles. The molecule has 3 atom stereocenters. The molecule has 0 bridgehead atoms. The molecule has 0 saturated heterocycles. The smallest absolute Gasteiger partial charge is 0.408 e. The molecule has 1 amide bonds. The van der Waals surface area contributed by atoms with E-state index in [9.17, 15) is 4.79 Å². The van der Waals surface area contributed by atoms with Crippen LogP contribution in [0.25, 0.3) is 21.5 Å². The van der Waals surface area contributed by atoms with Gasteiger partial charge in [-0.05, 0) is 84.8 Å². The number of rotatable bonds is 10. The first-order valence-electron chi connectivity index (χ1n) is 15.4. The van der Waals surface area contributed by atoms with Crippen LogP contribution in [0, 0.1) is 11.3 Å². The van der Waals surface area contributed by atoms with Gasteiger partial charge in [0.1, 0.15) is 5.60 Å². The van der Waals surface area contributed by atoms with Crippen molar-refractivity contribution in [2.24, 2.45) is 11.3 Å². The van der Waals surface area contributed by atoms with E-state index in [0.29, 0.717) is 6.42 Å². The molecule has 4 nitrogen and oxygen atoms in total. The predicted molar refractivity (Wildman–Crippen MR) is 183 cm³/mol. The van der Waals surface area contributed by atoms with E-state index in [2.05, 4.69) is 136 Å². The second-order valence-electron chi connectivity index (χ2n) is 13.9. The van der Waals surface area contributed by atoms with Crippen molar-refractivity contribution in [3.8, 4) is 0 Å². The molecule has 43 heavy (non-hydrogen) atoms. The highest BCUT2D eigenvalue weighted by Gasteiger charge is 2.33. The third-order valence-corrected chi connectivity index (χ3v) is 8.18. The fourth-order valence-corrected chi connectivity index (χ4v) is 6.63. The summed E-state index contributed by atoms with van der Waals surface area (Å²) < 4.78 is 12.4. The fraction of sp³-hybridized carbons (Fsp3) is 0.395. The van der Waals surface area contributed by atoms with Crippen LogP contribution in [0.3, 0.4) is 0 Å². The monoisotopic (exact) mass is 594 g/mol. The molecule has 0 spiro atoms. The molecule has 1 radical (unpaired) electrons. The number of carbonyl (C=O) groups is 1. The minimum absolute atomic E-state index is 0.0157. The summed E-state index contributed by atoms with van der Waals surface area (Å²) in [5.41, 5.74) is 1.79. The third-order valence-electron chi connectivity index (χ3n) is 7.45. The zero-order chi connectivity index (χ0) is 31.2. The van der Waals surface area contributed by atoms with Crippen LogP contribution in [-0.2, 0) is 22.0 Å². The Bertz CT molecular complexity index is 1550. The Hall–Kier alpha value is -3.41. The molecular weight excluding hydrogens is 547 g/mol. The molecule has 5 heteroatoms. The van der Waals surface area contributed by atoms with E-state index >= 15 is 0 Å². The van der Waals surface area contributed by atoms with Crippen molar-refractivity contribution in [3.63, 3.8) is 0 Å². The molecule has 4 rings (SSSR count). The molecule has 0 heterocycles. The van der Waals surface area contributed by atoms with Crippen molar-refractivity contribution < 1.29 is 14.0 Å². The van der Waals surface area contributed by atoms with Gasteiger partial charge in [0, 0.05) is 5.92 Å². The van der Waals surface area contributed by atoms with Crippen LogP contribution >= 0.6 is 0 Å². The van der Waals surface area contributed by atoms with Crippen LogP contribution in [0.4, 0.5) is 4.79 Å². The molecule has 227 valence electrons. The van der Waals surface area contributed by atoms with Crippen LogP contribution in [0.15, 0.2) is 97.1 Å². The number of nitrogens with one attached hydrogen (secondary N) is 1. The highest BCUT2D eigenvalue weighted by atomic mass is 28.3. The van der Waals surface area contributed by atoms with E-state index < -0.39 is 20.7 Å². The second-order valence-corrected chi connectivity index (χ2v) is 15.9. The van der Waals surface area contributed by atoms with Gasteiger partial charge in [0.05, 0.1) is 12.1 Å². The Kier molecular flexibility index (Phi) is 10.5. The Morgan fingerprint density at radius 2 is 1.26 bits per heavy atom. The van der Waals surface area contributed by atoms with Crippen molar-refractivity contribution in [1.82, 2.24) is 5.32 Å². The number of carbonyl (C=O) groups excluding carboxylic acids is 1. The summed E-state index contributed by atoms with van der Waals surface area (Å²) in [7, 11) is -0.955. The van der Waals surface area contributed by atoms with Gasteiger partial charge in [0.25, 0.3) is 0 Å². The Morgan fingerprint density at radius 1 is 0.744 bits per heavy atom. The zero-order valence-corrected chi connectivity index (χ0v) is 28.1. The summed E-state index contributed by atoms with van der Waals surface area (Å²) in [5, 5.41) is 8.03. The number of alkyl carbamates (subject to hydrolysis) is 1. The molecule has 0 saturated carbocycles. The summed E-state index contributed by atoms with van der Waals surface area (Å²) in [5.74, 6) is 0.112. The highest BCUT2D eigenvalue weighted by Crippen LogP contribution is 2.33. The van der Waals surface area contributed by atoms with E-state index in [4.69, 9.17) is 9.16 Å². The van der Waals surface area contributed by atoms with E-state index in [1.54, 1.807) is 0 Å². The summed E-state index contributed by atoms with van der Waals surface area (Å²) in [6.07, 6.45) is 5.53. The number of ether oxygens (including phenoxy) is 1. The third kappa shape index (κ3) is 9.80. The highest BCUT2D eigenvalue weighted by molar-refractivity contribution is 6.48. The summed E-state index contributed by atoms with van der Waals surface area (Å²) >= 11 is 0. The van der Waals surface area contributed by atoms with Crippen LogP contribution in [-0.4, -0.2) is 32.9 Å². The normalized spacial score (nSPS) is 14.7. The lowest BCUT2D eigenvalue weighted by atomic mass is 9.78. The number of fused-ring (bicyclic) bond motifs is 2. The van der Waals surface area contributed by atoms with Crippen molar-refractivity contribution in [1.29, 1.82) is 0 Å². The molecular formula is C38H48NO3Si. The maximum Gasteiger partial charge on any atom is 0.408 e. The van der Waals surface area contributed by atoms with Crippen LogP contribution in [0.5, 0.6) is 0 Å². The van der Waals surface area contributed by atoms with Crippen LogP contribution in [0.1, 0.15) is 52.7 Å². The lowest BCUT2D eigenvalue weighted by Crippen LogP contribution is -2.41. The van der Waals surface area contributed by atoms with Crippen LogP contribution < -0.4 is 5.32 Å². The molecule has 0 aliphatic carbocycles. The van der Waals surface area contributed by atoms with E-state index in [-0.39, 0.29) is 23.5 Å². The lowest BCUT2D eigenvalue weighted by Gasteiger charge is -2.37. The molecule has 0 aliphatic heterocycles. The van der Waals surface area contributed by atoms with Gasteiger partial charge in [0.15, 0.2) is 0 Å². The number of hydrogen-bond donors (Lipinski definition) is 1. The SMILES string of the molecule is C[Si](C)OC(C(/C=C/[C@@H](Cc1ccc2ccccc2c1)NC(=O)OC(C)(C)C)Cc1ccc2ccccc2c1)C(C)(C)C. The van der Waals surface area contributed by atoms with Crippen LogP contribution in [0.2, 0.25) is 13.1 Å². The Balaban J connectivity index is 1.68. The molecule has 0 aromatic heterocycles. The number of amides is 1. The first-order chi connectivity index (χ1) is 20.3. The van der Waals surface area contributed by atoms with E-state index in [1.807, 2.05) is 20.8 Å². The van der Waals surface area contributed by atoms with Gasteiger partial charge >= 0.3 is 6.09 Å². The second kappa shape index (κ2) is 13.9. The van der Waals surface area contributed by atoms with Crippen molar-refractivity contribution >= 4 is 36.7 Å². The summed E-state index contributed by atoms with van der Waals surface area (Å²) in [4.78, 5) is 13.0. The zero-order valence-electron chi connectivity index (χ0n) is 27.1. The minimum atomic E-state index is -0.955. The van der Waals surface area contributed by atoms with Gasteiger partial charge in [-0.1, -0.05) is 118 Å². The van der Waals surface area contributed by atoms with Gasteiger partial charge in [-0.2, -0.15) is 0 Å². The maximum atomic E-state index is 13.0. The average Bonchev–Trinajstić information content (AvgIpc) is 2.92. The minimum Gasteiger partial charge on any atom is -0.444 e. The van der Waals surface area contributed by atoms with Crippen molar-refractivity contribution in [3.05, 3.63) is 108 Å². The first-order valence-corrected chi connectivity index (χ1v) is 17.8.